The van der Waals surface area contributed by atoms with Crippen molar-refractivity contribution in [3.63, 3.8) is 0 Å². The lowest BCUT2D eigenvalue weighted by atomic mass is 10.1. The number of nitrogens with one attached hydrogen (secondary N) is 1. The van der Waals surface area contributed by atoms with Gasteiger partial charge in [-0.3, -0.25) is 0 Å². The van der Waals surface area contributed by atoms with E-state index < -0.39 is 29.2 Å². The van der Waals surface area contributed by atoms with Gasteiger partial charge in [0.1, 0.15) is 0 Å². The first-order valence-electron chi connectivity index (χ1n) is 4.95. The van der Waals surface area contributed by atoms with Gasteiger partial charge in [-0.1, -0.05) is 12.8 Å². The van der Waals surface area contributed by atoms with Crippen LogP contribution in [0.1, 0.15) is 23.7 Å². The standard InChI is InChI=1S/C12H11F2NO2/c1-3-7(4-2)15-9-6-5-8(12(16)17)10(13)11(9)14/h1,5-7,15H,4H2,2H3,(H,16,17). The molecule has 0 fully saturated rings. The number of aromatic carboxylic acids is 1. The summed E-state index contributed by atoms with van der Waals surface area (Å²) in [5, 5.41) is 11.2. The van der Waals surface area contributed by atoms with Crippen LogP contribution in [0.3, 0.4) is 0 Å². The molecule has 0 amide bonds. The summed E-state index contributed by atoms with van der Waals surface area (Å²) in [7, 11) is 0. The largest absolute Gasteiger partial charge is 0.478 e. The van der Waals surface area contributed by atoms with Crippen LogP contribution in [0.2, 0.25) is 0 Å². The third-order valence-corrected chi connectivity index (χ3v) is 2.25. The average Bonchev–Trinajstić information content (AvgIpc) is 2.30. The number of carbonyl (C=O) groups is 1. The number of hydrogen-bond acceptors (Lipinski definition) is 2. The van der Waals surface area contributed by atoms with Gasteiger partial charge >= 0.3 is 5.97 Å². The van der Waals surface area contributed by atoms with E-state index in [-0.39, 0.29) is 5.69 Å². The van der Waals surface area contributed by atoms with Crippen LogP contribution >= 0.6 is 0 Å². The molecule has 1 rings (SSSR count). The number of hydrogen-bond donors (Lipinski definition) is 2. The molecule has 0 aromatic heterocycles. The highest BCUT2D eigenvalue weighted by molar-refractivity contribution is 5.88. The third kappa shape index (κ3) is 2.72. The summed E-state index contributed by atoms with van der Waals surface area (Å²) in [4.78, 5) is 10.6. The zero-order chi connectivity index (χ0) is 13.0. The molecule has 1 aromatic carbocycles. The van der Waals surface area contributed by atoms with Crippen molar-refractivity contribution in [3.8, 4) is 12.3 Å². The lowest BCUT2D eigenvalue weighted by molar-refractivity contribution is 0.0690. The zero-order valence-corrected chi connectivity index (χ0v) is 9.13. The van der Waals surface area contributed by atoms with Gasteiger partial charge in [0.25, 0.3) is 0 Å². The number of benzene rings is 1. The van der Waals surface area contributed by atoms with E-state index in [1.54, 1.807) is 6.92 Å². The molecule has 5 heteroatoms. The Bertz CT molecular complexity index is 480. The highest BCUT2D eigenvalue weighted by atomic mass is 19.2. The molecule has 0 radical (unpaired) electrons. The van der Waals surface area contributed by atoms with E-state index in [1.165, 1.54) is 0 Å². The maximum Gasteiger partial charge on any atom is 0.338 e. The number of carboxylic acid groups (broad SMARTS) is 1. The van der Waals surface area contributed by atoms with Crippen molar-refractivity contribution in [2.24, 2.45) is 0 Å². The van der Waals surface area contributed by atoms with E-state index in [0.29, 0.717) is 6.42 Å². The molecule has 0 aliphatic rings. The van der Waals surface area contributed by atoms with Crippen LogP contribution in [0.5, 0.6) is 0 Å². The van der Waals surface area contributed by atoms with Gasteiger partial charge in [0.2, 0.25) is 0 Å². The van der Waals surface area contributed by atoms with Crippen molar-refractivity contribution in [1.29, 1.82) is 0 Å². The fourth-order valence-corrected chi connectivity index (χ4v) is 1.28. The fraction of sp³-hybridized carbons (Fsp3) is 0.250. The van der Waals surface area contributed by atoms with Crippen molar-refractivity contribution in [1.82, 2.24) is 0 Å². The molecule has 0 bridgehead atoms. The highest BCUT2D eigenvalue weighted by Gasteiger charge is 2.18. The van der Waals surface area contributed by atoms with Crippen LogP contribution in [-0.2, 0) is 0 Å². The Hall–Kier alpha value is -2.09. The molecular weight excluding hydrogens is 228 g/mol. The molecule has 0 spiro atoms. The highest BCUT2D eigenvalue weighted by Crippen LogP contribution is 2.21. The maximum absolute atomic E-state index is 13.5. The summed E-state index contributed by atoms with van der Waals surface area (Å²) in [6, 6.07) is 1.72. The molecule has 2 N–H and O–H groups in total. The van der Waals surface area contributed by atoms with Crippen molar-refractivity contribution < 1.29 is 18.7 Å². The second kappa shape index (κ2) is 5.30. The second-order valence-electron chi connectivity index (χ2n) is 3.37. The minimum atomic E-state index is -1.52. The number of halogens is 2. The molecule has 1 aromatic rings. The van der Waals surface area contributed by atoms with E-state index in [1.807, 2.05) is 0 Å². The van der Waals surface area contributed by atoms with Crippen LogP contribution in [0.15, 0.2) is 12.1 Å². The Morgan fingerprint density at radius 1 is 1.53 bits per heavy atom. The number of anilines is 1. The van der Waals surface area contributed by atoms with E-state index in [9.17, 15) is 13.6 Å². The van der Waals surface area contributed by atoms with Gasteiger partial charge in [-0.2, -0.15) is 0 Å². The number of rotatable bonds is 4. The van der Waals surface area contributed by atoms with Gasteiger partial charge in [-0.05, 0) is 18.6 Å². The minimum absolute atomic E-state index is 0.141. The zero-order valence-electron chi connectivity index (χ0n) is 9.13. The Morgan fingerprint density at radius 2 is 2.18 bits per heavy atom. The Morgan fingerprint density at radius 3 is 2.65 bits per heavy atom. The Labute approximate surface area is 97.5 Å². The summed E-state index contributed by atoms with van der Waals surface area (Å²) < 4.78 is 26.8. The monoisotopic (exact) mass is 239 g/mol. The van der Waals surface area contributed by atoms with Crippen LogP contribution in [0, 0.1) is 24.0 Å². The van der Waals surface area contributed by atoms with E-state index >= 15 is 0 Å². The lowest BCUT2D eigenvalue weighted by Crippen LogP contribution is -2.17. The normalized spacial score (nSPS) is 11.6. The molecule has 1 atom stereocenters. The molecule has 3 nitrogen and oxygen atoms in total. The van der Waals surface area contributed by atoms with Gasteiger partial charge in [-0.25, -0.2) is 13.6 Å². The predicted octanol–water partition coefficient (Wildman–Crippen LogP) is 2.49. The molecule has 0 aliphatic heterocycles. The summed E-state index contributed by atoms with van der Waals surface area (Å²) >= 11 is 0. The predicted molar refractivity (Wildman–Crippen MR) is 59.9 cm³/mol. The van der Waals surface area contributed by atoms with Gasteiger partial charge in [0.05, 0.1) is 17.3 Å². The van der Waals surface area contributed by atoms with E-state index in [2.05, 4.69) is 11.2 Å². The maximum atomic E-state index is 13.5. The average molecular weight is 239 g/mol. The smallest absolute Gasteiger partial charge is 0.338 e. The van der Waals surface area contributed by atoms with Crippen LogP contribution < -0.4 is 5.32 Å². The first-order chi connectivity index (χ1) is 8.01. The molecule has 1 unspecified atom stereocenters. The van der Waals surface area contributed by atoms with Crippen molar-refractivity contribution in [3.05, 3.63) is 29.3 Å². The lowest BCUT2D eigenvalue weighted by Gasteiger charge is -2.13. The van der Waals surface area contributed by atoms with Gasteiger partial charge in [0.15, 0.2) is 11.6 Å². The molecule has 0 aliphatic carbocycles. The van der Waals surface area contributed by atoms with Gasteiger partial charge in [-0.15, -0.1) is 6.42 Å². The van der Waals surface area contributed by atoms with Crippen molar-refractivity contribution >= 4 is 11.7 Å². The summed E-state index contributed by atoms with van der Waals surface area (Å²) in [6.45, 7) is 1.79. The Kier molecular flexibility index (Phi) is 4.05. The quantitative estimate of drug-likeness (QED) is 0.793. The summed E-state index contributed by atoms with van der Waals surface area (Å²) in [5.41, 5.74) is -0.848. The molecule has 0 heterocycles. The molecule has 0 saturated carbocycles. The molecule has 17 heavy (non-hydrogen) atoms. The van der Waals surface area contributed by atoms with Crippen molar-refractivity contribution in [2.45, 2.75) is 19.4 Å². The van der Waals surface area contributed by atoms with E-state index in [4.69, 9.17) is 11.5 Å². The molecular formula is C12H11F2NO2. The topological polar surface area (TPSA) is 49.3 Å². The summed E-state index contributed by atoms with van der Waals surface area (Å²) in [6.07, 6.45) is 5.71. The second-order valence-corrected chi connectivity index (χ2v) is 3.37. The molecule has 90 valence electrons. The fourth-order valence-electron chi connectivity index (χ4n) is 1.28. The van der Waals surface area contributed by atoms with E-state index in [0.717, 1.165) is 12.1 Å². The summed E-state index contributed by atoms with van der Waals surface area (Å²) in [5.74, 6) is -1.78. The Balaban J connectivity index is 3.09. The third-order valence-electron chi connectivity index (χ3n) is 2.25. The van der Waals surface area contributed by atoms with Gasteiger partial charge in [0, 0.05) is 0 Å². The SMILES string of the molecule is C#CC(CC)Nc1ccc(C(=O)O)c(F)c1F. The van der Waals surface area contributed by atoms with Crippen LogP contribution in [0.4, 0.5) is 14.5 Å². The minimum Gasteiger partial charge on any atom is -0.478 e. The first kappa shape index (κ1) is 13.0. The van der Waals surface area contributed by atoms with Crippen LogP contribution in [-0.4, -0.2) is 17.1 Å². The first-order valence-corrected chi connectivity index (χ1v) is 4.95. The van der Waals surface area contributed by atoms with Crippen molar-refractivity contribution in [2.75, 3.05) is 5.32 Å². The number of terminal acetylenes is 1. The van der Waals surface area contributed by atoms with Gasteiger partial charge < -0.3 is 10.4 Å². The molecule has 0 saturated heterocycles. The number of carboxylic acids is 1. The van der Waals surface area contributed by atoms with Crippen LogP contribution in [0.25, 0.3) is 0 Å².